The number of hydrogen-bond donors (Lipinski definition) is 0. The Kier molecular flexibility index (Phi) is 6.14. The standard InChI is InChI=1S/C43H28N2O/c1-2-10-29(11-3-1)32-14-6-16-35(26-32)45(40-19-8-13-30-12-4-5-18-37(30)40)36-17-7-15-33(27-36)34-22-21-31-23-24-38-42-41(20-9-25-44-42)46-43(38)39(31)28-34/h1-28H. The lowest BCUT2D eigenvalue weighted by Crippen LogP contribution is -2.10. The molecule has 0 saturated heterocycles. The van der Waals surface area contributed by atoms with Crippen molar-refractivity contribution in [3.05, 3.63) is 170 Å². The average molecular weight is 589 g/mol. The van der Waals surface area contributed by atoms with Crippen LogP contribution in [0.3, 0.4) is 0 Å². The van der Waals surface area contributed by atoms with Gasteiger partial charge in [-0.15, -0.1) is 0 Å². The Hall–Kier alpha value is -6.19. The second-order valence-corrected chi connectivity index (χ2v) is 11.6. The van der Waals surface area contributed by atoms with Gasteiger partial charge >= 0.3 is 0 Å². The molecule has 0 bridgehead atoms. The van der Waals surface area contributed by atoms with E-state index in [1.165, 1.54) is 21.9 Å². The zero-order chi connectivity index (χ0) is 30.5. The summed E-state index contributed by atoms with van der Waals surface area (Å²) in [5.41, 5.74) is 10.5. The van der Waals surface area contributed by atoms with Gasteiger partial charge in [0, 0.05) is 33.7 Å². The molecule has 0 radical (unpaired) electrons. The van der Waals surface area contributed by atoms with Gasteiger partial charge < -0.3 is 9.32 Å². The molecule has 0 spiro atoms. The molecule has 0 N–H and O–H groups in total. The van der Waals surface area contributed by atoms with E-state index in [9.17, 15) is 0 Å². The Labute approximate surface area is 266 Å². The summed E-state index contributed by atoms with van der Waals surface area (Å²) in [5.74, 6) is 0. The molecular weight excluding hydrogens is 560 g/mol. The van der Waals surface area contributed by atoms with Crippen LogP contribution in [-0.4, -0.2) is 4.98 Å². The van der Waals surface area contributed by atoms with Crippen molar-refractivity contribution in [2.24, 2.45) is 0 Å². The van der Waals surface area contributed by atoms with E-state index in [4.69, 9.17) is 4.42 Å². The van der Waals surface area contributed by atoms with E-state index in [1.807, 2.05) is 18.3 Å². The fourth-order valence-electron chi connectivity index (χ4n) is 6.66. The lowest BCUT2D eigenvalue weighted by molar-refractivity contribution is 0.672. The first-order valence-corrected chi connectivity index (χ1v) is 15.5. The second kappa shape index (κ2) is 10.8. The third kappa shape index (κ3) is 4.41. The number of benzene rings is 7. The molecule has 0 aliphatic carbocycles. The van der Waals surface area contributed by atoms with Crippen molar-refractivity contribution in [1.29, 1.82) is 0 Å². The second-order valence-electron chi connectivity index (χ2n) is 11.6. The first kappa shape index (κ1) is 26.2. The summed E-state index contributed by atoms with van der Waals surface area (Å²) in [6.45, 7) is 0. The van der Waals surface area contributed by atoms with Crippen molar-refractivity contribution >= 4 is 60.7 Å². The van der Waals surface area contributed by atoms with Crippen LogP contribution in [0.2, 0.25) is 0 Å². The van der Waals surface area contributed by atoms with E-state index in [2.05, 4.69) is 162 Å². The van der Waals surface area contributed by atoms with Gasteiger partial charge in [0.05, 0.1) is 5.69 Å². The first-order chi connectivity index (χ1) is 22.8. The van der Waals surface area contributed by atoms with Crippen molar-refractivity contribution < 1.29 is 4.42 Å². The predicted molar refractivity (Wildman–Crippen MR) is 192 cm³/mol. The van der Waals surface area contributed by atoms with Crippen LogP contribution in [0.4, 0.5) is 17.1 Å². The number of fused-ring (bicyclic) bond motifs is 6. The topological polar surface area (TPSA) is 29.3 Å². The smallest absolute Gasteiger partial charge is 0.153 e. The lowest BCUT2D eigenvalue weighted by atomic mass is 9.99. The van der Waals surface area contributed by atoms with Gasteiger partial charge in [-0.2, -0.15) is 0 Å². The van der Waals surface area contributed by atoms with E-state index in [1.54, 1.807) is 0 Å². The van der Waals surface area contributed by atoms with E-state index in [-0.39, 0.29) is 0 Å². The molecule has 0 fully saturated rings. The van der Waals surface area contributed by atoms with Gasteiger partial charge in [0.1, 0.15) is 11.1 Å². The van der Waals surface area contributed by atoms with Crippen LogP contribution in [-0.2, 0) is 0 Å². The molecule has 2 aromatic heterocycles. The largest absolute Gasteiger partial charge is 0.454 e. The first-order valence-electron chi connectivity index (χ1n) is 15.5. The highest BCUT2D eigenvalue weighted by atomic mass is 16.3. The Morgan fingerprint density at radius 1 is 0.435 bits per heavy atom. The third-order valence-corrected chi connectivity index (χ3v) is 8.87. The Morgan fingerprint density at radius 2 is 1.09 bits per heavy atom. The SMILES string of the molecule is c1ccc(-c2cccc(N(c3cccc(-c4ccc5ccc6c7ncccc7oc6c5c4)c3)c3cccc4ccccc34)c2)cc1. The van der Waals surface area contributed by atoms with E-state index in [0.29, 0.717) is 0 Å². The molecule has 2 heterocycles. The van der Waals surface area contributed by atoms with Crippen LogP contribution in [0.5, 0.6) is 0 Å². The monoisotopic (exact) mass is 588 g/mol. The summed E-state index contributed by atoms with van der Waals surface area (Å²) < 4.78 is 6.35. The maximum Gasteiger partial charge on any atom is 0.153 e. The van der Waals surface area contributed by atoms with Gasteiger partial charge in [0.15, 0.2) is 5.58 Å². The zero-order valence-electron chi connectivity index (χ0n) is 25.0. The fraction of sp³-hybridized carbons (Fsp3) is 0. The number of hydrogen-bond acceptors (Lipinski definition) is 3. The molecule has 46 heavy (non-hydrogen) atoms. The van der Waals surface area contributed by atoms with Crippen LogP contribution in [0.15, 0.2) is 174 Å². The number of aromatic nitrogens is 1. The minimum Gasteiger partial charge on any atom is -0.454 e. The molecule has 0 unspecified atom stereocenters. The minimum absolute atomic E-state index is 0.806. The predicted octanol–water partition coefficient (Wildman–Crippen LogP) is 12.1. The maximum atomic E-state index is 6.35. The van der Waals surface area contributed by atoms with Crippen LogP contribution >= 0.6 is 0 Å². The van der Waals surface area contributed by atoms with E-state index >= 15 is 0 Å². The maximum absolute atomic E-state index is 6.35. The Bertz CT molecular complexity index is 2540. The van der Waals surface area contributed by atoms with Crippen LogP contribution in [0.1, 0.15) is 0 Å². The summed E-state index contributed by atoms with van der Waals surface area (Å²) in [7, 11) is 0. The molecule has 3 nitrogen and oxygen atoms in total. The quantitative estimate of drug-likeness (QED) is 0.200. The molecule has 0 aliphatic heterocycles. The van der Waals surface area contributed by atoms with Crippen molar-refractivity contribution in [3.8, 4) is 22.3 Å². The summed E-state index contributed by atoms with van der Waals surface area (Å²) in [6.07, 6.45) is 1.82. The van der Waals surface area contributed by atoms with Gasteiger partial charge in [-0.25, -0.2) is 0 Å². The Morgan fingerprint density at radius 3 is 1.93 bits per heavy atom. The summed E-state index contributed by atoms with van der Waals surface area (Å²) in [5, 5.41) is 5.67. The molecule has 0 amide bonds. The molecule has 0 atom stereocenters. The van der Waals surface area contributed by atoms with Gasteiger partial charge in [0.2, 0.25) is 0 Å². The summed E-state index contributed by atoms with van der Waals surface area (Å²) >= 11 is 0. The average Bonchev–Trinajstić information content (AvgIpc) is 3.52. The number of anilines is 3. The van der Waals surface area contributed by atoms with Crippen molar-refractivity contribution in [2.45, 2.75) is 0 Å². The number of pyridine rings is 1. The minimum atomic E-state index is 0.806. The highest BCUT2D eigenvalue weighted by Crippen LogP contribution is 2.42. The van der Waals surface area contributed by atoms with Crippen LogP contribution < -0.4 is 4.90 Å². The number of nitrogens with zero attached hydrogens (tertiary/aromatic N) is 2. The summed E-state index contributed by atoms with van der Waals surface area (Å²) in [6, 6.07) is 58.1. The van der Waals surface area contributed by atoms with E-state index in [0.717, 1.165) is 61.0 Å². The normalized spacial score (nSPS) is 11.5. The molecule has 0 saturated carbocycles. The number of rotatable bonds is 5. The molecular formula is C43H28N2O. The van der Waals surface area contributed by atoms with Gasteiger partial charge in [-0.05, 0) is 87.6 Å². The molecule has 0 aliphatic rings. The molecule has 3 heteroatoms. The van der Waals surface area contributed by atoms with Crippen molar-refractivity contribution in [3.63, 3.8) is 0 Å². The van der Waals surface area contributed by atoms with Crippen LogP contribution in [0.25, 0.3) is 65.9 Å². The summed E-state index contributed by atoms with van der Waals surface area (Å²) in [4.78, 5) is 6.97. The van der Waals surface area contributed by atoms with E-state index < -0.39 is 0 Å². The molecule has 9 rings (SSSR count). The highest BCUT2D eigenvalue weighted by Gasteiger charge is 2.17. The Balaban J connectivity index is 1.23. The highest BCUT2D eigenvalue weighted by molar-refractivity contribution is 6.14. The van der Waals surface area contributed by atoms with Crippen LogP contribution in [0, 0.1) is 0 Å². The molecule has 7 aromatic carbocycles. The molecule has 9 aromatic rings. The number of furan rings is 1. The zero-order valence-corrected chi connectivity index (χ0v) is 25.0. The molecule has 216 valence electrons. The van der Waals surface area contributed by atoms with Gasteiger partial charge in [-0.1, -0.05) is 109 Å². The third-order valence-electron chi connectivity index (χ3n) is 8.87. The van der Waals surface area contributed by atoms with Gasteiger partial charge in [-0.3, -0.25) is 4.98 Å². The van der Waals surface area contributed by atoms with Gasteiger partial charge in [0.25, 0.3) is 0 Å². The van der Waals surface area contributed by atoms with Crippen molar-refractivity contribution in [2.75, 3.05) is 4.90 Å². The fourth-order valence-corrected chi connectivity index (χ4v) is 6.66. The van der Waals surface area contributed by atoms with Crippen molar-refractivity contribution in [1.82, 2.24) is 4.98 Å². The lowest BCUT2D eigenvalue weighted by Gasteiger charge is -2.28.